The van der Waals surface area contributed by atoms with Crippen molar-refractivity contribution in [3.05, 3.63) is 48.0 Å². The van der Waals surface area contributed by atoms with Gasteiger partial charge in [0.05, 0.1) is 6.04 Å². The van der Waals surface area contributed by atoms with Gasteiger partial charge in [0.2, 0.25) is 5.91 Å². The third-order valence-electron chi connectivity index (χ3n) is 4.95. The summed E-state index contributed by atoms with van der Waals surface area (Å²) in [6.45, 7) is 11.4. The maximum Gasteiger partial charge on any atom is 0.243 e. The maximum atomic E-state index is 12.0. The lowest BCUT2D eigenvalue weighted by atomic mass is 10.0. The van der Waals surface area contributed by atoms with E-state index in [9.17, 15) is 4.79 Å². The van der Waals surface area contributed by atoms with Crippen LogP contribution in [0.1, 0.15) is 38.3 Å². The summed E-state index contributed by atoms with van der Waals surface area (Å²) < 4.78 is 0. The van der Waals surface area contributed by atoms with E-state index in [0.717, 1.165) is 32.5 Å². The van der Waals surface area contributed by atoms with E-state index >= 15 is 0 Å². The number of halogens is 1. The van der Waals surface area contributed by atoms with Crippen LogP contribution in [0.2, 0.25) is 0 Å². The summed E-state index contributed by atoms with van der Waals surface area (Å²) >= 11 is 0. The summed E-state index contributed by atoms with van der Waals surface area (Å²) in [7, 11) is 3.50. The zero-order chi connectivity index (χ0) is 20.5. The molecule has 2 N–H and O–H groups in total. The van der Waals surface area contributed by atoms with Crippen molar-refractivity contribution < 1.29 is 4.79 Å². The minimum Gasteiger partial charge on any atom is -0.354 e. The summed E-state index contributed by atoms with van der Waals surface area (Å²) in [5.41, 5.74) is 2.39. The Labute approximate surface area is 192 Å². The summed E-state index contributed by atoms with van der Waals surface area (Å²) in [5.74, 6) is 0.689. The Hall–Kier alpha value is -1.61. The quantitative estimate of drug-likeness (QED) is 0.255. The summed E-state index contributed by atoms with van der Waals surface area (Å²) in [6, 6.07) is 10.7. The summed E-state index contributed by atoms with van der Waals surface area (Å²) in [6.07, 6.45) is 2.10. The van der Waals surface area contributed by atoms with E-state index in [2.05, 4.69) is 53.1 Å². The molecule has 1 unspecified atom stereocenters. The fourth-order valence-electron chi connectivity index (χ4n) is 3.26. The molecule has 1 aromatic rings. The molecule has 7 heteroatoms. The Morgan fingerprint density at radius 2 is 1.90 bits per heavy atom. The Morgan fingerprint density at radius 1 is 1.28 bits per heavy atom. The number of carbonyl (C=O) groups is 1. The van der Waals surface area contributed by atoms with Gasteiger partial charge < -0.3 is 15.5 Å². The second kappa shape index (κ2) is 12.8. The number of carbonyl (C=O) groups excluding carboxylic acids is 1. The van der Waals surface area contributed by atoms with Gasteiger partial charge in [-0.25, -0.2) is 4.99 Å². The van der Waals surface area contributed by atoms with Crippen molar-refractivity contribution in [3.63, 3.8) is 0 Å². The van der Waals surface area contributed by atoms with Gasteiger partial charge in [0.15, 0.2) is 5.96 Å². The Morgan fingerprint density at radius 3 is 2.45 bits per heavy atom. The second-order valence-electron chi connectivity index (χ2n) is 7.88. The number of guanidine groups is 1. The SMILES string of the molecule is C=C(C)CN1CCC(NC(=NCC(=O)N(C)C)NC(C)c2ccccc2)CC1.I. The van der Waals surface area contributed by atoms with Gasteiger partial charge in [-0.05, 0) is 32.3 Å². The van der Waals surface area contributed by atoms with E-state index in [-0.39, 0.29) is 42.5 Å². The van der Waals surface area contributed by atoms with Crippen molar-refractivity contribution in [2.24, 2.45) is 4.99 Å². The fourth-order valence-corrected chi connectivity index (χ4v) is 3.26. The molecule has 2 rings (SSSR count). The van der Waals surface area contributed by atoms with Gasteiger partial charge in [0.1, 0.15) is 6.54 Å². The average Bonchev–Trinajstić information content (AvgIpc) is 2.67. The van der Waals surface area contributed by atoms with E-state index in [4.69, 9.17) is 0 Å². The Balaban J connectivity index is 0.00000420. The predicted octanol–water partition coefficient (Wildman–Crippen LogP) is 3.03. The second-order valence-corrected chi connectivity index (χ2v) is 7.88. The first kappa shape index (κ1) is 25.4. The van der Waals surface area contributed by atoms with E-state index < -0.39 is 0 Å². The maximum absolute atomic E-state index is 12.0. The highest BCUT2D eigenvalue weighted by atomic mass is 127. The normalized spacial score (nSPS) is 16.5. The minimum atomic E-state index is -0.00950. The van der Waals surface area contributed by atoms with Crippen LogP contribution in [-0.4, -0.2) is 68.0 Å². The third-order valence-corrected chi connectivity index (χ3v) is 4.95. The number of nitrogens with one attached hydrogen (secondary N) is 2. The molecule has 0 aromatic heterocycles. The van der Waals surface area contributed by atoms with Gasteiger partial charge >= 0.3 is 0 Å². The highest BCUT2D eigenvalue weighted by molar-refractivity contribution is 14.0. The van der Waals surface area contributed by atoms with Gasteiger partial charge in [-0.15, -0.1) is 24.0 Å². The zero-order valence-corrected chi connectivity index (χ0v) is 20.5. The topological polar surface area (TPSA) is 60.0 Å². The third kappa shape index (κ3) is 9.16. The lowest BCUT2D eigenvalue weighted by Crippen LogP contribution is -2.49. The van der Waals surface area contributed by atoms with Crippen LogP contribution >= 0.6 is 24.0 Å². The summed E-state index contributed by atoms with van der Waals surface area (Å²) in [4.78, 5) is 20.5. The van der Waals surface area contributed by atoms with Gasteiger partial charge in [0, 0.05) is 39.8 Å². The number of hydrogen-bond donors (Lipinski definition) is 2. The van der Waals surface area contributed by atoms with Gasteiger partial charge in [-0.3, -0.25) is 9.69 Å². The van der Waals surface area contributed by atoms with E-state index in [0.29, 0.717) is 12.0 Å². The highest BCUT2D eigenvalue weighted by Gasteiger charge is 2.21. The molecule has 0 aliphatic carbocycles. The Kier molecular flexibility index (Phi) is 11.3. The van der Waals surface area contributed by atoms with Crippen molar-refractivity contribution >= 4 is 35.8 Å². The Bertz CT molecular complexity index is 669. The molecule has 1 atom stereocenters. The number of benzene rings is 1. The van der Waals surface area contributed by atoms with E-state index in [1.54, 1.807) is 19.0 Å². The van der Waals surface area contributed by atoms with Crippen molar-refractivity contribution in [1.82, 2.24) is 20.4 Å². The van der Waals surface area contributed by atoms with Crippen molar-refractivity contribution in [2.45, 2.75) is 38.8 Å². The van der Waals surface area contributed by atoms with Crippen molar-refractivity contribution in [1.29, 1.82) is 0 Å². The number of likely N-dealkylation sites (tertiary alicyclic amines) is 1. The molecule has 162 valence electrons. The van der Waals surface area contributed by atoms with Gasteiger partial charge in [-0.2, -0.15) is 0 Å². The van der Waals surface area contributed by atoms with Crippen LogP contribution in [0.5, 0.6) is 0 Å². The number of rotatable bonds is 7. The molecular weight excluding hydrogens is 477 g/mol. The largest absolute Gasteiger partial charge is 0.354 e. The first-order valence-corrected chi connectivity index (χ1v) is 10.0. The molecule has 1 aliphatic rings. The first-order chi connectivity index (χ1) is 13.3. The standard InChI is InChI=1S/C22H35N5O.HI/c1-17(2)16-27-13-11-20(12-14-27)25-22(23-15-21(28)26(4)5)24-18(3)19-9-7-6-8-10-19;/h6-10,18,20H,1,11-16H2,2-5H3,(H2,23,24,25);1H. The molecule has 1 aromatic carbocycles. The molecule has 0 saturated carbocycles. The number of aliphatic imine (C=N–C) groups is 1. The van der Waals surface area contributed by atoms with Crippen LogP contribution in [0.25, 0.3) is 0 Å². The molecule has 1 heterocycles. The molecule has 6 nitrogen and oxygen atoms in total. The van der Waals surface area contributed by atoms with E-state index in [1.807, 2.05) is 18.2 Å². The van der Waals surface area contributed by atoms with Crippen LogP contribution in [0, 0.1) is 0 Å². The van der Waals surface area contributed by atoms with Crippen LogP contribution in [0.15, 0.2) is 47.5 Å². The number of nitrogens with zero attached hydrogens (tertiary/aromatic N) is 3. The van der Waals surface area contributed by atoms with Crippen LogP contribution < -0.4 is 10.6 Å². The lowest BCUT2D eigenvalue weighted by molar-refractivity contribution is -0.127. The molecule has 0 radical (unpaired) electrons. The molecule has 1 saturated heterocycles. The van der Waals surface area contributed by atoms with E-state index in [1.165, 1.54) is 11.1 Å². The van der Waals surface area contributed by atoms with Crippen molar-refractivity contribution in [3.8, 4) is 0 Å². The molecule has 1 fully saturated rings. The lowest BCUT2D eigenvalue weighted by Gasteiger charge is -2.33. The first-order valence-electron chi connectivity index (χ1n) is 10.0. The number of piperidine rings is 1. The minimum absolute atomic E-state index is 0. The van der Waals surface area contributed by atoms with Gasteiger partial charge in [-0.1, -0.05) is 42.5 Å². The number of hydrogen-bond acceptors (Lipinski definition) is 3. The van der Waals surface area contributed by atoms with Gasteiger partial charge in [0.25, 0.3) is 0 Å². The molecular formula is C22H36IN5O. The fraction of sp³-hybridized carbons (Fsp3) is 0.545. The van der Waals surface area contributed by atoms with Crippen LogP contribution in [0.3, 0.4) is 0 Å². The average molecular weight is 513 g/mol. The molecule has 0 spiro atoms. The highest BCUT2D eigenvalue weighted by Crippen LogP contribution is 2.13. The number of amides is 1. The monoisotopic (exact) mass is 513 g/mol. The smallest absolute Gasteiger partial charge is 0.243 e. The molecule has 0 bridgehead atoms. The summed E-state index contributed by atoms with van der Waals surface area (Å²) in [5, 5.41) is 7.00. The van der Waals surface area contributed by atoms with Crippen LogP contribution in [-0.2, 0) is 4.79 Å². The van der Waals surface area contributed by atoms with Crippen LogP contribution in [0.4, 0.5) is 0 Å². The molecule has 1 amide bonds. The zero-order valence-electron chi connectivity index (χ0n) is 18.1. The van der Waals surface area contributed by atoms with Crippen molar-refractivity contribution in [2.75, 3.05) is 40.3 Å². The molecule has 29 heavy (non-hydrogen) atoms. The predicted molar refractivity (Wildman–Crippen MR) is 132 cm³/mol. The molecule has 1 aliphatic heterocycles. The number of likely N-dealkylation sites (N-methyl/N-ethyl adjacent to an activating group) is 1.